The zero-order valence-electron chi connectivity index (χ0n) is 12.6. The number of aryl methyl sites for hydroxylation is 1. The smallest absolute Gasteiger partial charge is 0.235 e. The number of aromatic nitrogens is 2. The molecular formula is C16H15F2N3O2. The summed E-state index contributed by atoms with van der Waals surface area (Å²) in [6.07, 6.45) is 1.01. The van der Waals surface area contributed by atoms with E-state index in [4.69, 9.17) is 4.52 Å². The zero-order chi connectivity index (χ0) is 16.2. The number of carbonyl (C=O) groups excluding carboxylic acids is 1. The molecule has 120 valence electrons. The highest BCUT2D eigenvalue weighted by molar-refractivity contribution is 5.79. The molecule has 1 aliphatic carbocycles. The molecule has 0 radical (unpaired) electrons. The maximum atomic E-state index is 13.2. The average molecular weight is 319 g/mol. The second kappa shape index (κ2) is 4.84. The van der Waals surface area contributed by atoms with Crippen LogP contribution in [0.2, 0.25) is 0 Å². The molecule has 7 heteroatoms. The van der Waals surface area contributed by atoms with E-state index in [9.17, 15) is 13.6 Å². The van der Waals surface area contributed by atoms with Crippen molar-refractivity contribution in [3.05, 3.63) is 47.1 Å². The molecule has 2 aromatic rings. The number of carbonyl (C=O) groups is 1. The van der Waals surface area contributed by atoms with Gasteiger partial charge in [-0.25, -0.2) is 8.78 Å². The Morgan fingerprint density at radius 3 is 2.96 bits per heavy atom. The lowest BCUT2D eigenvalue weighted by atomic mass is 10.1. The van der Waals surface area contributed by atoms with Crippen molar-refractivity contribution in [3.63, 3.8) is 0 Å². The third-order valence-electron chi connectivity index (χ3n) is 4.79. The largest absolute Gasteiger partial charge is 0.341 e. The SMILES string of the molecule is Cc1noc([C@]23C[C@H]2CN(C(=O)Cc2ccc(F)c(F)c2)C3)n1. The van der Waals surface area contributed by atoms with E-state index in [0.29, 0.717) is 36.3 Å². The lowest BCUT2D eigenvalue weighted by Crippen LogP contribution is -2.34. The van der Waals surface area contributed by atoms with Gasteiger partial charge in [0.15, 0.2) is 17.5 Å². The number of fused-ring (bicyclic) bond motifs is 1. The van der Waals surface area contributed by atoms with Gasteiger partial charge < -0.3 is 9.42 Å². The summed E-state index contributed by atoms with van der Waals surface area (Å²) in [5.74, 6) is -0.406. The third-order valence-corrected chi connectivity index (χ3v) is 4.79. The summed E-state index contributed by atoms with van der Waals surface area (Å²) in [6, 6.07) is 3.55. The van der Waals surface area contributed by atoms with E-state index in [1.807, 2.05) is 0 Å². The number of hydrogen-bond acceptors (Lipinski definition) is 4. The van der Waals surface area contributed by atoms with Crippen molar-refractivity contribution in [3.8, 4) is 0 Å². The molecule has 23 heavy (non-hydrogen) atoms. The van der Waals surface area contributed by atoms with Gasteiger partial charge in [0.1, 0.15) is 0 Å². The fourth-order valence-electron chi connectivity index (χ4n) is 3.44. The standard InChI is InChI=1S/C16H15F2N3O2/c1-9-19-15(23-20-9)16-6-11(16)7-21(8-16)14(22)5-10-2-3-12(17)13(18)4-10/h2-4,11H,5-8H2,1H3/t11-,16-/m0/s1. The Labute approximate surface area is 131 Å². The van der Waals surface area contributed by atoms with Crippen LogP contribution in [-0.4, -0.2) is 34.0 Å². The topological polar surface area (TPSA) is 59.2 Å². The molecule has 2 aliphatic rings. The predicted molar refractivity (Wildman–Crippen MR) is 75.5 cm³/mol. The monoisotopic (exact) mass is 319 g/mol. The van der Waals surface area contributed by atoms with Crippen LogP contribution in [0.25, 0.3) is 0 Å². The highest BCUT2D eigenvalue weighted by Crippen LogP contribution is 2.58. The minimum Gasteiger partial charge on any atom is -0.341 e. The van der Waals surface area contributed by atoms with Gasteiger partial charge in [-0.3, -0.25) is 4.79 Å². The van der Waals surface area contributed by atoms with Crippen LogP contribution in [0.15, 0.2) is 22.7 Å². The molecule has 1 aliphatic heterocycles. The number of rotatable bonds is 3. The summed E-state index contributed by atoms with van der Waals surface area (Å²) in [5, 5.41) is 3.82. The molecule has 1 saturated heterocycles. The third kappa shape index (κ3) is 2.31. The van der Waals surface area contributed by atoms with Crippen LogP contribution >= 0.6 is 0 Å². The van der Waals surface area contributed by atoms with Crippen molar-refractivity contribution < 1.29 is 18.1 Å². The lowest BCUT2D eigenvalue weighted by molar-refractivity contribution is -0.130. The van der Waals surface area contributed by atoms with Crippen LogP contribution < -0.4 is 0 Å². The average Bonchev–Trinajstić information content (AvgIpc) is 2.86. The first-order chi connectivity index (χ1) is 11.0. The minimum absolute atomic E-state index is 0.0584. The Morgan fingerprint density at radius 1 is 1.43 bits per heavy atom. The van der Waals surface area contributed by atoms with Crippen LogP contribution in [0.1, 0.15) is 23.7 Å². The van der Waals surface area contributed by atoms with Crippen molar-refractivity contribution in [2.24, 2.45) is 5.92 Å². The number of nitrogens with zero attached hydrogens (tertiary/aromatic N) is 3. The number of amides is 1. The first-order valence-electron chi connectivity index (χ1n) is 7.50. The van der Waals surface area contributed by atoms with Gasteiger partial charge in [-0.05, 0) is 37.0 Å². The van der Waals surface area contributed by atoms with Crippen LogP contribution in [0, 0.1) is 24.5 Å². The highest BCUT2D eigenvalue weighted by Gasteiger charge is 2.65. The van der Waals surface area contributed by atoms with Crippen molar-refractivity contribution >= 4 is 5.91 Å². The fourth-order valence-corrected chi connectivity index (χ4v) is 3.44. The summed E-state index contributed by atoms with van der Waals surface area (Å²) in [7, 11) is 0. The number of likely N-dealkylation sites (tertiary alicyclic amines) is 1. The van der Waals surface area contributed by atoms with Gasteiger partial charge in [0, 0.05) is 13.1 Å². The van der Waals surface area contributed by atoms with Gasteiger partial charge in [-0.1, -0.05) is 11.2 Å². The van der Waals surface area contributed by atoms with Crippen LogP contribution in [0.4, 0.5) is 8.78 Å². The van der Waals surface area contributed by atoms with Gasteiger partial charge in [-0.2, -0.15) is 4.98 Å². The molecule has 0 N–H and O–H groups in total. The van der Waals surface area contributed by atoms with Gasteiger partial charge in [0.25, 0.3) is 0 Å². The number of piperidine rings is 1. The van der Waals surface area contributed by atoms with E-state index in [1.165, 1.54) is 6.07 Å². The molecule has 2 atom stereocenters. The van der Waals surface area contributed by atoms with Crippen molar-refractivity contribution in [1.82, 2.24) is 15.0 Å². The Morgan fingerprint density at radius 2 is 2.26 bits per heavy atom. The normalized spacial score (nSPS) is 25.5. The minimum atomic E-state index is -0.933. The van der Waals surface area contributed by atoms with Crippen LogP contribution in [-0.2, 0) is 16.6 Å². The van der Waals surface area contributed by atoms with E-state index in [1.54, 1.807) is 11.8 Å². The highest BCUT2D eigenvalue weighted by atomic mass is 19.2. The summed E-state index contributed by atoms with van der Waals surface area (Å²) >= 11 is 0. The summed E-state index contributed by atoms with van der Waals surface area (Å²) in [5.41, 5.74) is 0.266. The number of benzene rings is 1. The quantitative estimate of drug-likeness (QED) is 0.868. The van der Waals surface area contributed by atoms with Crippen molar-refractivity contribution in [2.75, 3.05) is 13.1 Å². The van der Waals surface area contributed by atoms with Gasteiger partial charge in [0.2, 0.25) is 11.8 Å². The van der Waals surface area contributed by atoms with Gasteiger partial charge in [-0.15, -0.1) is 0 Å². The molecule has 0 unspecified atom stereocenters. The molecule has 4 rings (SSSR count). The number of hydrogen-bond donors (Lipinski definition) is 0. The number of halogens is 2. The van der Waals surface area contributed by atoms with Crippen LogP contribution in [0.5, 0.6) is 0 Å². The molecule has 5 nitrogen and oxygen atoms in total. The Bertz CT molecular complexity index is 791. The fraction of sp³-hybridized carbons (Fsp3) is 0.438. The molecule has 0 spiro atoms. The summed E-state index contributed by atoms with van der Waals surface area (Å²) < 4.78 is 31.5. The van der Waals surface area contributed by atoms with Crippen LogP contribution in [0.3, 0.4) is 0 Å². The molecule has 2 heterocycles. The molecule has 0 bridgehead atoms. The Balaban J connectivity index is 1.46. The van der Waals surface area contributed by atoms with E-state index in [0.717, 1.165) is 18.6 Å². The first kappa shape index (κ1) is 14.3. The Kier molecular flexibility index (Phi) is 3.01. The second-order valence-corrected chi connectivity index (χ2v) is 6.40. The van der Waals surface area contributed by atoms with E-state index >= 15 is 0 Å². The predicted octanol–water partition coefficient (Wildman–Crippen LogP) is 2.00. The first-order valence-corrected chi connectivity index (χ1v) is 7.50. The van der Waals surface area contributed by atoms with Gasteiger partial charge >= 0.3 is 0 Å². The zero-order valence-corrected chi connectivity index (χ0v) is 12.6. The molecule has 1 amide bonds. The van der Waals surface area contributed by atoms with Gasteiger partial charge in [0.05, 0.1) is 11.8 Å². The van der Waals surface area contributed by atoms with E-state index in [-0.39, 0.29) is 17.7 Å². The maximum absolute atomic E-state index is 13.2. The lowest BCUT2D eigenvalue weighted by Gasteiger charge is -2.19. The second-order valence-electron chi connectivity index (χ2n) is 6.40. The molecular weight excluding hydrogens is 304 g/mol. The molecule has 1 aromatic carbocycles. The van der Waals surface area contributed by atoms with E-state index in [2.05, 4.69) is 10.1 Å². The summed E-state index contributed by atoms with van der Waals surface area (Å²) in [4.78, 5) is 18.4. The molecule has 2 fully saturated rings. The molecule has 1 aromatic heterocycles. The van der Waals surface area contributed by atoms with E-state index < -0.39 is 11.6 Å². The Hall–Kier alpha value is -2.31. The molecule has 1 saturated carbocycles. The summed E-state index contributed by atoms with van der Waals surface area (Å²) in [6.45, 7) is 2.95. The maximum Gasteiger partial charge on any atom is 0.235 e. The van der Waals surface area contributed by atoms with Crippen molar-refractivity contribution in [2.45, 2.75) is 25.2 Å². The van der Waals surface area contributed by atoms with Crippen molar-refractivity contribution in [1.29, 1.82) is 0 Å².